The summed E-state index contributed by atoms with van der Waals surface area (Å²) in [5, 5.41) is 19.1. The lowest BCUT2D eigenvalue weighted by atomic mass is 9.54. The summed E-state index contributed by atoms with van der Waals surface area (Å²) in [5.74, 6) is -6.00. The molecule has 0 amide bonds. The van der Waals surface area contributed by atoms with E-state index in [1.54, 1.807) is 30.3 Å². The number of carboxylic acids is 2. The van der Waals surface area contributed by atoms with Crippen molar-refractivity contribution in [3.63, 3.8) is 0 Å². The molecule has 3 rings (SSSR count). The van der Waals surface area contributed by atoms with Crippen LogP contribution >= 0.6 is 0 Å². The van der Waals surface area contributed by atoms with Crippen LogP contribution in [-0.2, 0) is 23.9 Å². The van der Waals surface area contributed by atoms with Gasteiger partial charge in [-0.3, -0.25) is 9.59 Å². The van der Waals surface area contributed by atoms with Crippen molar-refractivity contribution in [1.82, 2.24) is 0 Å². The van der Waals surface area contributed by atoms with Crippen LogP contribution in [0.2, 0.25) is 0 Å². The summed E-state index contributed by atoms with van der Waals surface area (Å²) in [5.41, 5.74) is -4.82. The van der Waals surface area contributed by atoms with Gasteiger partial charge in [0.05, 0.1) is 0 Å². The van der Waals surface area contributed by atoms with Crippen molar-refractivity contribution < 1.29 is 34.1 Å². The summed E-state index contributed by atoms with van der Waals surface area (Å²) in [7, 11) is 0. The molecule has 7 nitrogen and oxygen atoms in total. The molecule has 1 aliphatic heterocycles. The molecule has 0 saturated carbocycles. The van der Waals surface area contributed by atoms with Crippen molar-refractivity contribution in [2.45, 2.75) is 0 Å². The van der Waals surface area contributed by atoms with Crippen LogP contribution in [0.3, 0.4) is 0 Å². The summed E-state index contributed by atoms with van der Waals surface area (Å²) in [6.45, 7) is 0. The first-order valence-corrected chi connectivity index (χ1v) is 6.58. The van der Waals surface area contributed by atoms with Gasteiger partial charge in [-0.2, -0.15) is 0 Å². The number of aliphatic carboxylic acids is 2. The van der Waals surface area contributed by atoms with Gasteiger partial charge < -0.3 is 14.9 Å². The van der Waals surface area contributed by atoms with E-state index in [-0.39, 0.29) is 5.57 Å². The number of carbonyl (C=O) groups excluding carboxylic acids is 2. The molecular formula is C16H10O7. The van der Waals surface area contributed by atoms with Crippen molar-refractivity contribution in [3.8, 4) is 0 Å². The molecular weight excluding hydrogens is 304 g/mol. The highest BCUT2D eigenvalue weighted by Crippen LogP contribution is 2.58. The molecule has 0 aromatic heterocycles. The molecule has 1 aromatic rings. The van der Waals surface area contributed by atoms with E-state index >= 15 is 0 Å². The molecule has 1 heterocycles. The first-order chi connectivity index (χ1) is 10.9. The van der Waals surface area contributed by atoms with E-state index in [0.29, 0.717) is 5.56 Å². The molecule has 23 heavy (non-hydrogen) atoms. The Kier molecular flexibility index (Phi) is 2.97. The van der Waals surface area contributed by atoms with Crippen molar-refractivity contribution >= 4 is 29.5 Å². The number of benzene rings is 1. The quantitative estimate of drug-likeness (QED) is 0.627. The van der Waals surface area contributed by atoms with Gasteiger partial charge in [-0.15, -0.1) is 0 Å². The Balaban J connectivity index is 2.35. The van der Waals surface area contributed by atoms with E-state index in [2.05, 4.69) is 4.74 Å². The van der Waals surface area contributed by atoms with E-state index in [1.165, 1.54) is 12.2 Å². The second-order valence-electron chi connectivity index (χ2n) is 5.15. The number of cyclic esters (lactones) is 2. The molecule has 116 valence electrons. The zero-order valence-corrected chi connectivity index (χ0v) is 11.6. The predicted molar refractivity (Wildman–Crippen MR) is 74.8 cm³/mol. The lowest BCUT2D eigenvalue weighted by Gasteiger charge is -2.47. The van der Waals surface area contributed by atoms with E-state index in [1.807, 2.05) is 0 Å². The van der Waals surface area contributed by atoms with Crippen molar-refractivity contribution in [2.75, 3.05) is 0 Å². The minimum absolute atomic E-state index is 0.00773. The van der Waals surface area contributed by atoms with E-state index in [4.69, 9.17) is 0 Å². The van der Waals surface area contributed by atoms with Gasteiger partial charge in [0.15, 0.2) is 0 Å². The molecule has 0 bridgehead atoms. The van der Waals surface area contributed by atoms with Crippen molar-refractivity contribution in [2.24, 2.45) is 10.8 Å². The van der Waals surface area contributed by atoms with Crippen LogP contribution in [0.15, 0.2) is 48.6 Å². The van der Waals surface area contributed by atoms with E-state index in [0.717, 1.165) is 6.08 Å². The summed E-state index contributed by atoms with van der Waals surface area (Å²) < 4.78 is 4.36. The molecule has 1 saturated heterocycles. The highest BCUT2D eigenvalue weighted by Gasteiger charge is 2.79. The maximum absolute atomic E-state index is 12.2. The van der Waals surface area contributed by atoms with Gasteiger partial charge in [0, 0.05) is 0 Å². The van der Waals surface area contributed by atoms with Gasteiger partial charge in [-0.1, -0.05) is 48.6 Å². The smallest absolute Gasteiger partial charge is 0.337 e. The van der Waals surface area contributed by atoms with E-state index < -0.39 is 34.7 Å². The second kappa shape index (κ2) is 4.64. The van der Waals surface area contributed by atoms with Crippen LogP contribution in [0.4, 0.5) is 0 Å². The van der Waals surface area contributed by atoms with Gasteiger partial charge in [0.1, 0.15) is 0 Å². The monoisotopic (exact) mass is 314 g/mol. The number of rotatable bonds is 3. The SMILES string of the molecule is O=C(O)C1(C(=O)O)C=CC=C(c2ccccc2)C12C(=O)OC2=O. The first-order valence-electron chi connectivity index (χ1n) is 6.58. The number of hydrogen-bond donors (Lipinski definition) is 2. The largest absolute Gasteiger partial charge is 0.480 e. The molecule has 1 aromatic carbocycles. The summed E-state index contributed by atoms with van der Waals surface area (Å²) in [6, 6.07) is 8.05. The summed E-state index contributed by atoms with van der Waals surface area (Å²) in [4.78, 5) is 47.9. The van der Waals surface area contributed by atoms with Crippen LogP contribution in [0.25, 0.3) is 5.57 Å². The van der Waals surface area contributed by atoms with Gasteiger partial charge in [-0.25, -0.2) is 9.59 Å². The Morgan fingerprint density at radius 3 is 2.00 bits per heavy atom. The number of esters is 2. The topological polar surface area (TPSA) is 118 Å². The maximum Gasteiger partial charge on any atom is 0.337 e. The summed E-state index contributed by atoms with van der Waals surface area (Å²) in [6.07, 6.45) is 3.41. The number of carboxylic acid groups (broad SMARTS) is 2. The lowest BCUT2D eigenvalue weighted by Crippen LogP contribution is -2.68. The molecule has 0 atom stereocenters. The average molecular weight is 314 g/mol. The summed E-state index contributed by atoms with van der Waals surface area (Å²) >= 11 is 0. The van der Waals surface area contributed by atoms with Crippen LogP contribution in [-0.4, -0.2) is 34.1 Å². The van der Waals surface area contributed by atoms with Gasteiger partial charge in [0.25, 0.3) is 0 Å². The number of ether oxygens (including phenoxy) is 1. The lowest BCUT2D eigenvalue weighted by molar-refractivity contribution is -0.207. The Bertz CT molecular complexity index is 773. The third kappa shape index (κ3) is 1.53. The highest BCUT2D eigenvalue weighted by atomic mass is 16.6. The third-order valence-electron chi connectivity index (χ3n) is 4.16. The van der Waals surface area contributed by atoms with Crippen LogP contribution < -0.4 is 0 Å². The molecule has 0 radical (unpaired) electrons. The fourth-order valence-corrected chi connectivity index (χ4v) is 3.05. The molecule has 1 spiro atoms. The van der Waals surface area contributed by atoms with Gasteiger partial charge in [0.2, 0.25) is 10.8 Å². The molecule has 1 fully saturated rings. The first kappa shape index (κ1) is 14.7. The molecule has 2 aliphatic rings. The Labute approximate surface area is 129 Å². The molecule has 0 unspecified atom stereocenters. The maximum atomic E-state index is 12.2. The number of allylic oxidation sites excluding steroid dienone is 2. The zero-order valence-electron chi connectivity index (χ0n) is 11.6. The Hall–Kier alpha value is -3.22. The van der Waals surface area contributed by atoms with Crippen LogP contribution in [0.1, 0.15) is 5.56 Å². The number of carbonyl (C=O) groups is 4. The third-order valence-corrected chi connectivity index (χ3v) is 4.16. The van der Waals surface area contributed by atoms with Gasteiger partial charge >= 0.3 is 23.9 Å². The normalized spacial score (nSPS) is 20.4. The molecule has 1 aliphatic carbocycles. The standard InChI is InChI=1S/C16H10O7/c17-11(18)15(12(19)20)8-4-7-10(9-5-2-1-3-6-9)16(15)13(21)23-14(16)22/h1-8H,(H,17,18)(H,19,20). The van der Waals surface area contributed by atoms with Crippen molar-refractivity contribution in [1.29, 1.82) is 0 Å². The predicted octanol–water partition coefficient (Wildman–Crippen LogP) is 0.865. The Morgan fingerprint density at radius 2 is 1.52 bits per heavy atom. The minimum atomic E-state index is -2.75. The number of hydrogen-bond acceptors (Lipinski definition) is 5. The van der Waals surface area contributed by atoms with Crippen molar-refractivity contribution in [3.05, 3.63) is 54.1 Å². The molecule has 2 N–H and O–H groups in total. The van der Waals surface area contributed by atoms with Crippen LogP contribution in [0, 0.1) is 10.8 Å². The van der Waals surface area contributed by atoms with Gasteiger partial charge in [-0.05, 0) is 11.1 Å². The van der Waals surface area contributed by atoms with Crippen LogP contribution in [0.5, 0.6) is 0 Å². The minimum Gasteiger partial charge on any atom is -0.480 e. The van der Waals surface area contributed by atoms with E-state index in [9.17, 15) is 29.4 Å². The zero-order chi connectivity index (χ0) is 16.8. The average Bonchev–Trinajstić information content (AvgIpc) is 2.54. The molecule has 7 heteroatoms. The highest BCUT2D eigenvalue weighted by molar-refractivity contribution is 6.30. The second-order valence-corrected chi connectivity index (χ2v) is 5.15. The fourth-order valence-electron chi connectivity index (χ4n) is 3.05. The fraction of sp³-hybridized carbons (Fsp3) is 0.125. The Morgan fingerprint density at radius 1 is 0.957 bits per heavy atom.